The number of carbonyl (C=O) groups excluding carboxylic acids is 3. The van der Waals surface area contributed by atoms with E-state index in [1.165, 1.54) is 25.6 Å². The smallest absolute Gasteiger partial charge is 0.340 e. The molecule has 0 saturated carbocycles. The molecule has 0 radical (unpaired) electrons. The fraction of sp³-hybridized carbons (Fsp3) is 0.467. The Kier molecular flexibility index (Phi) is 7.67. The Labute approximate surface area is 142 Å². The maximum atomic E-state index is 11.9. The summed E-state index contributed by atoms with van der Waals surface area (Å²) in [5.41, 5.74) is 0.221. The second kappa shape index (κ2) is 9.24. The first-order chi connectivity index (χ1) is 10.9. The lowest BCUT2D eigenvalue weighted by Gasteiger charge is -2.21. The lowest BCUT2D eigenvalue weighted by Crippen LogP contribution is -2.47. The molecule has 0 fully saturated rings. The molecule has 8 heteroatoms. The SMILES string of the molecule is CC[C@H](C)[C@@H](NC(=O)COC(=O)c1cncc(Br)c1)C(=O)OC. The zero-order chi connectivity index (χ0) is 17.4. The highest BCUT2D eigenvalue weighted by Gasteiger charge is 2.27. The second-order valence-electron chi connectivity index (χ2n) is 4.92. The van der Waals surface area contributed by atoms with Gasteiger partial charge < -0.3 is 14.8 Å². The number of rotatable bonds is 7. The van der Waals surface area contributed by atoms with E-state index in [1.54, 1.807) is 0 Å². The third-order valence-corrected chi connectivity index (χ3v) is 3.69. The van der Waals surface area contributed by atoms with E-state index in [0.29, 0.717) is 10.9 Å². The van der Waals surface area contributed by atoms with E-state index < -0.39 is 30.5 Å². The van der Waals surface area contributed by atoms with Gasteiger partial charge in [-0.25, -0.2) is 9.59 Å². The monoisotopic (exact) mass is 386 g/mol. The van der Waals surface area contributed by atoms with Crippen molar-refractivity contribution >= 4 is 33.8 Å². The predicted molar refractivity (Wildman–Crippen MR) is 85.6 cm³/mol. The van der Waals surface area contributed by atoms with Gasteiger partial charge in [0, 0.05) is 16.9 Å². The molecule has 0 aliphatic heterocycles. The molecule has 1 amide bonds. The van der Waals surface area contributed by atoms with Crippen LogP contribution in [0.15, 0.2) is 22.9 Å². The number of aromatic nitrogens is 1. The van der Waals surface area contributed by atoms with E-state index in [-0.39, 0.29) is 11.5 Å². The number of halogens is 1. The Morgan fingerprint density at radius 2 is 2.04 bits per heavy atom. The lowest BCUT2D eigenvalue weighted by atomic mass is 9.99. The van der Waals surface area contributed by atoms with Crippen molar-refractivity contribution in [2.24, 2.45) is 5.92 Å². The molecule has 1 heterocycles. The average Bonchev–Trinajstić information content (AvgIpc) is 2.56. The van der Waals surface area contributed by atoms with Crippen LogP contribution in [0.2, 0.25) is 0 Å². The topological polar surface area (TPSA) is 94.6 Å². The summed E-state index contributed by atoms with van der Waals surface area (Å²) in [4.78, 5) is 39.2. The highest BCUT2D eigenvalue weighted by Crippen LogP contribution is 2.11. The average molecular weight is 387 g/mol. The van der Waals surface area contributed by atoms with Gasteiger partial charge in [-0.3, -0.25) is 9.78 Å². The second-order valence-corrected chi connectivity index (χ2v) is 5.84. The minimum Gasteiger partial charge on any atom is -0.467 e. The van der Waals surface area contributed by atoms with Crippen LogP contribution in [0.5, 0.6) is 0 Å². The molecule has 1 N–H and O–H groups in total. The summed E-state index contributed by atoms with van der Waals surface area (Å²) in [7, 11) is 1.25. The molecule has 0 spiro atoms. The number of nitrogens with one attached hydrogen (secondary N) is 1. The van der Waals surface area contributed by atoms with Crippen LogP contribution in [-0.4, -0.2) is 42.6 Å². The molecule has 2 atom stereocenters. The van der Waals surface area contributed by atoms with E-state index in [4.69, 9.17) is 4.74 Å². The number of hydrogen-bond donors (Lipinski definition) is 1. The first kappa shape index (κ1) is 19.1. The van der Waals surface area contributed by atoms with Gasteiger partial charge >= 0.3 is 11.9 Å². The third-order valence-electron chi connectivity index (χ3n) is 3.26. The van der Waals surface area contributed by atoms with Crippen LogP contribution in [0, 0.1) is 5.92 Å². The molecule has 0 unspecified atom stereocenters. The van der Waals surface area contributed by atoms with Gasteiger partial charge in [0.2, 0.25) is 0 Å². The quantitative estimate of drug-likeness (QED) is 0.716. The molecule has 0 aliphatic carbocycles. The van der Waals surface area contributed by atoms with Crippen molar-refractivity contribution in [1.82, 2.24) is 10.3 Å². The fourth-order valence-electron chi connectivity index (χ4n) is 1.75. The van der Waals surface area contributed by atoms with Crippen LogP contribution < -0.4 is 5.32 Å². The molecule has 1 rings (SSSR count). The summed E-state index contributed by atoms with van der Waals surface area (Å²) in [5.74, 6) is -1.88. The molecule has 0 aliphatic rings. The molecule has 23 heavy (non-hydrogen) atoms. The predicted octanol–water partition coefficient (Wildman–Crippen LogP) is 1.70. The summed E-state index contributed by atoms with van der Waals surface area (Å²) >= 11 is 3.19. The number of methoxy groups -OCH3 is 1. The Morgan fingerprint density at radius 3 is 2.61 bits per heavy atom. The fourth-order valence-corrected chi connectivity index (χ4v) is 2.11. The van der Waals surface area contributed by atoms with Crippen molar-refractivity contribution in [2.45, 2.75) is 26.3 Å². The normalized spacial score (nSPS) is 12.9. The zero-order valence-electron chi connectivity index (χ0n) is 13.2. The standard InChI is InChI=1S/C15H19BrN2O5/c1-4-9(2)13(15(21)22-3)18-12(19)8-23-14(20)10-5-11(16)7-17-6-10/h5-7,9,13H,4,8H2,1-3H3,(H,18,19)/t9-,13+/m0/s1. The number of amides is 1. The van der Waals surface area contributed by atoms with E-state index >= 15 is 0 Å². The van der Waals surface area contributed by atoms with E-state index in [9.17, 15) is 14.4 Å². The van der Waals surface area contributed by atoms with Crippen molar-refractivity contribution in [3.63, 3.8) is 0 Å². The van der Waals surface area contributed by atoms with Crippen molar-refractivity contribution in [2.75, 3.05) is 13.7 Å². The molecule has 0 bridgehead atoms. The molecule has 1 aromatic heterocycles. The van der Waals surface area contributed by atoms with Gasteiger partial charge in [-0.15, -0.1) is 0 Å². The summed E-state index contributed by atoms with van der Waals surface area (Å²) in [6, 6.07) is 0.757. The molecule has 0 aromatic carbocycles. The molecule has 126 valence electrons. The summed E-state index contributed by atoms with van der Waals surface area (Å²) in [5, 5.41) is 2.52. The van der Waals surface area contributed by atoms with Gasteiger partial charge in [0.15, 0.2) is 6.61 Å². The number of carbonyl (C=O) groups is 3. The van der Waals surface area contributed by atoms with E-state index in [2.05, 4.69) is 31.0 Å². The van der Waals surface area contributed by atoms with Crippen LogP contribution in [0.1, 0.15) is 30.6 Å². The van der Waals surface area contributed by atoms with Crippen molar-refractivity contribution < 1.29 is 23.9 Å². The molecule has 0 saturated heterocycles. The van der Waals surface area contributed by atoms with E-state index in [0.717, 1.165) is 0 Å². The molecular weight excluding hydrogens is 368 g/mol. The molecule has 1 aromatic rings. The zero-order valence-corrected chi connectivity index (χ0v) is 14.8. The number of hydrogen-bond acceptors (Lipinski definition) is 6. The lowest BCUT2D eigenvalue weighted by molar-refractivity contribution is -0.147. The third kappa shape index (κ3) is 5.97. The number of esters is 2. The first-order valence-electron chi connectivity index (χ1n) is 7.03. The Morgan fingerprint density at radius 1 is 1.35 bits per heavy atom. The largest absolute Gasteiger partial charge is 0.467 e. The minimum atomic E-state index is -0.774. The van der Waals surface area contributed by atoms with Crippen LogP contribution in [0.4, 0.5) is 0 Å². The van der Waals surface area contributed by atoms with Crippen LogP contribution in [0.25, 0.3) is 0 Å². The van der Waals surface area contributed by atoms with Gasteiger partial charge in [-0.2, -0.15) is 0 Å². The van der Waals surface area contributed by atoms with Crippen LogP contribution in [-0.2, 0) is 19.1 Å². The van der Waals surface area contributed by atoms with Crippen LogP contribution >= 0.6 is 15.9 Å². The van der Waals surface area contributed by atoms with Crippen LogP contribution in [0.3, 0.4) is 0 Å². The Bertz CT molecular complexity index is 579. The van der Waals surface area contributed by atoms with Crippen molar-refractivity contribution in [3.8, 4) is 0 Å². The highest BCUT2D eigenvalue weighted by molar-refractivity contribution is 9.10. The van der Waals surface area contributed by atoms with Gasteiger partial charge in [0.1, 0.15) is 6.04 Å². The number of ether oxygens (including phenoxy) is 2. The number of nitrogens with zero attached hydrogens (tertiary/aromatic N) is 1. The Balaban J connectivity index is 2.58. The minimum absolute atomic E-state index is 0.101. The summed E-state index contributed by atoms with van der Waals surface area (Å²) in [6.07, 6.45) is 3.54. The maximum absolute atomic E-state index is 11.9. The summed E-state index contributed by atoms with van der Waals surface area (Å²) < 4.78 is 10.2. The summed E-state index contributed by atoms with van der Waals surface area (Å²) in [6.45, 7) is 3.23. The van der Waals surface area contributed by atoms with Crippen molar-refractivity contribution in [1.29, 1.82) is 0 Å². The highest BCUT2D eigenvalue weighted by atomic mass is 79.9. The molecular formula is C15H19BrN2O5. The number of pyridine rings is 1. The van der Waals surface area contributed by atoms with E-state index in [1.807, 2.05) is 13.8 Å². The maximum Gasteiger partial charge on any atom is 0.340 e. The molecule has 7 nitrogen and oxygen atoms in total. The first-order valence-corrected chi connectivity index (χ1v) is 7.83. The Hall–Kier alpha value is -1.96. The van der Waals surface area contributed by atoms with Gasteiger partial charge in [-0.05, 0) is 27.9 Å². The van der Waals surface area contributed by atoms with Gasteiger partial charge in [-0.1, -0.05) is 20.3 Å². The van der Waals surface area contributed by atoms with Gasteiger partial charge in [0.25, 0.3) is 5.91 Å². The van der Waals surface area contributed by atoms with Gasteiger partial charge in [0.05, 0.1) is 12.7 Å². The van der Waals surface area contributed by atoms with Crippen molar-refractivity contribution in [3.05, 3.63) is 28.5 Å².